The number of anilines is 1. The molecule has 162 valence electrons. The van der Waals surface area contributed by atoms with Gasteiger partial charge < -0.3 is 5.32 Å². The van der Waals surface area contributed by atoms with E-state index in [2.05, 4.69) is 15.4 Å². The van der Waals surface area contributed by atoms with E-state index in [1.807, 2.05) is 0 Å². The second-order valence-corrected chi connectivity index (χ2v) is 7.56. The lowest BCUT2D eigenvalue weighted by atomic mass is 10.0. The summed E-state index contributed by atoms with van der Waals surface area (Å²) in [7, 11) is 0. The van der Waals surface area contributed by atoms with Gasteiger partial charge in [-0.3, -0.25) is 4.98 Å². The number of aromatic nitrogens is 3. The fraction of sp³-hybridized carbons (Fsp3) is 0.250. The molecule has 0 spiro atoms. The molecule has 0 aliphatic heterocycles. The van der Waals surface area contributed by atoms with Crippen molar-refractivity contribution in [3.63, 3.8) is 0 Å². The van der Waals surface area contributed by atoms with Crippen LogP contribution in [0.25, 0.3) is 5.69 Å². The van der Waals surface area contributed by atoms with Crippen LogP contribution in [0.15, 0.2) is 41.4 Å². The summed E-state index contributed by atoms with van der Waals surface area (Å²) < 4.78 is 67.1. The second-order valence-electron chi connectivity index (χ2n) is 6.56. The van der Waals surface area contributed by atoms with Crippen molar-refractivity contribution in [2.75, 3.05) is 5.32 Å². The zero-order chi connectivity index (χ0) is 22.8. The quantitative estimate of drug-likeness (QED) is 0.383. The number of benzene rings is 1. The summed E-state index contributed by atoms with van der Waals surface area (Å²) in [6.07, 6.45) is -2.97. The molecular weight excluding hydrogens is 437 g/mol. The average Bonchev–Trinajstić information content (AvgIpc) is 3.02. The molecule has 2 aromatic heterocycles. The van der Waals surface area contributed by atoms with Gasteiger partial charge in [0.25, 0.3) is 5.76 Å². The van der Waals surface area contributed by atoms with Gasteiger partial charge in [0.05, 0.1) is 28.4 Å². The van der Waals surface area contributed by atoms with Crippen LogP contribution in [0, 0.1) is 25.2 Å². The van der Waals surface area contributed by atoms with Crippen LogP contribution in [-0.4, -0.2) is 20.5 Å². The van der Waals surface area contributed by atoms with Crippen LogP contribution in [0.4, 0.5) is 27.8 Å². The van der Waals surface area contributed by atoms with E-state index in [-0.39, 0.29) is 51.5 Å². The highest BCUT2D eigenvalue weighted by molar-refractivity contribution is 7.99. The fourth-order valence-corrected chi connectivity index (χ4v) is 3.77. The molecule has 0 radical (unpaired) electrons. The molecule has 3 aromatic rings. The van der Waals surface area contributed by atoms with Crippen LogP contribution < -0.4 is 5.32 Å². The van der Waals surface area contributed by atoms with Crippen molar-refractivity contribution in [2.24, 2.45) is 0 Å². The maximum Gasteiger partial charge on any atom is 0.416 e. The predicted octanol–water partition coefficient (Wildman–Crippen LogP) is 5.70. The summed E-state index contributed by atoms with van der Waals surface area (Å²) in [5, 5.41) is 16.5. The molecule has 5 nitrogen and oxygen atoms in total. The zero-order valence-electron chi connectivity index (χ0n) is 16.3. The topological polar surface area (TPSA) is 66.5 Å². The molecule has 1 N–H and O–H groups in total. The number of thioether (sulfide) groups is 1. The van der Waals surface area contributed by atoms with Crippen molar-refractivity contribution in [2.45, 2.75) is 37.2 Å². The van der Waals surface area contributed by atoms with Crippen LogP contribution in [-0.2, 0) is 12.7 Å². The summed E-state index contributed by atoms with van der Waals surface area (Å²) >= 11 is 0.144. The highest BCUT2D eigenvalue weighted by atomic mass is 32.2. The van der Waals surface area contributed by atoms with Gasteiger partial charge in [0.2, 0.25) is 0 Å². The molecule has 0 amide bonds. The summed E-state index contributed by atoms with van der Waals surface area (Å²) in [5.74, 6) is -2.74. The highest BCUT2D eigenvalue weighted by Gasteiger charge is 2.32. The third-order valence-electron chi connectivity index (χ3n) is 4.35. The number of halogens is 5. The minimum Gasteiger partial charge on any atom is -0.363 e. The monoisotopic (exact) mass is 453 g/mol. The Morgan fingerprint density at radius 1 is 1.19 bits per heavy atom. The Morgan fingerprint density at radius 3 is 2.39 bits per heavy atom. The molecule has 1 aromatic carbocycles. The first kappa shape index (κ1) is 22.6. The van der Waals surface area contributed by atoms with E-state index in [4.69, 9.17) is 0 Å². The second kappa shape index (κ2) is 8.93. The first-order valence-corrected chi connectivity index (χ1v) is 9.80. The fourth-order valence-electron chi connectivity index (χ4n) is 3.13. The molecule has 0 aliphatic carbocycles. The number of aryl methyl sites for hydroxylation is 2. The van der Waals surface area contributed by atoms with E-state index in [1.165, 1.54) is 18.5 Å². The smallest absolute Gasteiger partial charge is 0.363 e. The van der Waals surface area contributed by atoms with Gasteiger partial charge in [0, 0.05) is 6.20 Å². The number of hydrogen-bond donors (Lipinski definition) is 1. The largest absolute Gasteiger partial charge is 0.416 e. The van der Waals surface area contributed by atoms with Crippen LogP contribution in [0.3, 0.4) is 0 Å². The molecule has 0 bridgehead atoms. The normalized spacial score (nSPS) is 11.6. The summed E-state index contributed by atoms with van der Waals surface area (Å²) in [5.41, 5.74) is 0.246. The number of pyridine rings is 1. The first-order chi connectivity index (χ1) is 14.6. The molecule has 31 heavy (non-hydrogen) atoms. The Kier molecular flexibility index (Phi) is 6.50. The van der Waals surface area contributed by atoms with Crippen molar-refractivity contribution in [1.82, 2.24) is 14.8 Å². The van der Waals surface area contributed by atoms with Crippen LogP contribution >= 0.6 is 11.8 Å². The Hall–Kier alpha value is -3.13. The minimum absolute atomic E-state index is 0.0819. The van der Waals surface area contributed by atoms with E-state index in [1.54, 1.807) is 30.5 Å². The van der Waals surface area contributed by atoms with Gasteiger partial charge in [-0.25, -0.2) is 4.68 Å². The van der Waals surface area contributed by atoms with E-state index in [0.29, 0.717) is 5.69 Å². The van der Waals surface area contributed by atoms with Crippen LogP contribution in [0.1, 0.15) is 28.1 Å². The van der Waals surface area contributed by atoms with E-state index in [0.717, 1.165) is 12.1 Å². The minimum atomic E-state index is -4.53. The summed E-state index contributed by atoms with van der Waals surface area (Å²) in [4.78, 5) is 4.06. The number of rotatable bonds is 6. The zero-order valence-corrected chi connectivity index (χ0v) is 17.2. The number of alkyl halides is 5. The average molecular weight is 453 g/mol. The Labute approximate surface area is 178 Å². The van der Waals surface area contributed by atoms with Gasteiger partial charge >= 0.3 is 6.18 Å². The van der Waals surface area contributed by atoms with Crippen molar-refractivity contribution in [1.29, 1.82) is 5.26 Å². The van der Waals surface area contributed by atoms with Gasteiger partial charge in [-0.15, -0.1) is 0 Å². The van der Waals surface area contributed by atoms with Crippen LogP contribution in [0.2, 0.25) is 0 Å². The third-order valence-corrected chi connectivity index (χ3v) is 5.15. The molecule has 0 saturated heterocycles. The molecule has 0 saturated carbocycles. The van der Waals surface area contributed by atoms with Gasteiger partial charge in [0.15, 0.2) is 5.69 Å². The van der Waals surface area contributed by atoms with Crippen molar-refractivity contribution < 1.29 is 22.0 Å². The molecular formula is C20H16F5N5S. The maximum atomic E-state index is 13.2. The lowest BCUT2D eigenvalue weighted by molar-refractivity contribution is -0.137. The number of nitrogens with zero attached hydrogens (tertiary/aromatic N) is 4. The SMILES string of the molecule is Cc1cc(C(F)(F)F)cc(C)c1-n1nc(C#N)c(SC(F)F)c1NCc1ccccn1. The van der Waals surface area contributed by atoms with Gasteiger partial charge in [-0.1, -0.05) is 6.07 Å². The molecule has 2 heterocycles. The van der Waals surface area contributed by atoms with E-state index >= 15 is 0 Å². The lowest BCUT2D eigenvalue weighted by Gasteiger charge is -2.17. The van der Waals surface area contributed by atoms with E-state index in [9.17, 15) is 27.2 Å². The van der Waals surface area contributed by atoms with Gasteiger partial charge in [0.1, 0.15) is 11.9 Å². The van der Waals surface area contributed by atoms with Crippen molar-refractivity contribution in [3.8, 4) is 11.8 Å². The summed E-state index contributed by atoms with van der Waals surface area (Å²) in [6.45, 7) is 3.06. The van der Waals surface area contributed by atoms with Gasteiger partial charge in [-0.2, -0.15) is 32.3 Å². The van der Waals surface area contributed by atoms with E-state index < -0.39 is 17.5 Å². The number of nitriles is 1. The predicted molar refractivity (Wildman–Crippen MR) is 106 cm³/mol. The first-order valence-electron chi connectivity index (χ1n) is 8.92. The number of hydrogen-bond acceptors (Lipinski definition) is 5. The van der Waals surface area contributed by atoms with Crippen molar-refractivity contribution in [3.05, 3.63) is 64.6 Å². The number of nitrogens with one attached hydrogen (secondary N) is 1. The standard InChI is InChI=1S/C20H16F5N5S/c1-11-7-13(20(23,24)25)8-12(2)16(11)30-18(28-10-14-5-3-4-6-27-14)17(31-19(21)22)15(9-26)29-30/h3-8,19,28H,10H2,1-2H3. The Morgan fingerprint density at radius 2 is 1.87 bits per heavy atom. The molecule has 0 fully saturated rings. The maximum absolute atomic E-state index is 13.2. The molecule has 0 atom stereocenters. The van der Waals surface area contributed by atoms with Gasteiger partial charge in [-0.05, 0) is 61.0 Å². The van der Waals surface area contributed by atoms with Crippen molar-refractivity contribution >= 4 is 17.6 Å². The Balaban J connectivity index is 2.15. The molecule has 0 aliphatic rings. The third kappa shape index (κ3) is 4.96. The molecule has 3 rings (SSSR count). The summed E-state index contributed by atoms with van der Waals surface area (Å²) in [6, 6.07) is 8.88. The lowest BCUT2D eigenvalue weighted by Crippen LogP contribution is -2.12. The Bertz CT molecular complexity index is 1100. The molecule has 0 unspecified atom stereocenters. The molecule has 11 heteroatoms. The van der Waals surface area contributed by atoms with Crippen LogP contribution in [0.5, 0.6) is 0 Å². The highest BCUT2D eigenvalue weighted by Crippen LogP contribution is 2.39.